The summed E-state index contributed by atoms with van der Waals surface area (Å²) in [6, 6.07) is 5.90. The largest absolute Gasteiger partial charge is 0.494 e. The maximum Gasteiger partial charge on any atom is 0.331 e. The number of nitrogens with one attached hydrogen (secondary N) is 1. The van der Waals surface area contributed by atoms with Crippen LogP contribution in [0, 0.1) is 5.82 Å². The zero-order valence-corrected chi connectivity index (χ0v) is 13.7. The molecule has 0 amide bonds. The molecule has 7 heteroatoms. The Morgan fingerprint density at radius 3 is 2.62 bits per heavy atom. The van der Waals surface area contributed by atoms with Crippen LogP contribution in [0.1, 0.15) is 38.7 Å². The minimum absolute atomic E-state index is 0.0689. The van der Waals surface area contributed by atoms with Gasteiger partial charge < -0.3 is 5.11 Å². The first-order valence-electron chi connectivity index (χ1n) is 7.88. The molecule has 2 aromatic rings. The molecule has 0 bridgehead atoms. The fourth-order valence-corrected chi connectivity index (χ4v) is 2.34. The zero-order valence-electron chi connectivity index (χ0n) is 13.7. The minimum Gasteiger partial charge on any atom is -0.494 e. The average Bonchev–Trinajstić information content (AvgIpc) is 2.55. The van der Waals surface area contributed by atoms with Crippen LogP contribution in [0.25, 0.3) is 0 Å². The highest BCUT2D eigenvalue weighted by atomic mass is 19.1. The van der Waals surface area contributed by atoms with E-state index in [1.165, 1.54) is 18.2 Å². The van der Waals surface area contributed by atoms with Gasteiger partial charge in [0.15, 0.2) is 0 Å². The van der Waals surface area contributed by atoms with Crippen LogP contribution < -0.4 is 11.2 Å². The number of hydrogen-bond donors (Lipinski definition) is 2. The minimum atomic E-state index is -0.734. The summed E-state index contributed by atoms with van der Waals surface area (Å²) < 4.78 is 14.9. The van der Waals surface area contributed by atoms with Gasteiger partial charge in [0, 0.05) is 6.54 Å². The maximum absolute atomic E-state index is 13.8. The van der Waals surface area contributed by atoms with Gasteiger partial charge in [0.1, 0.15) is 11.4 Å². The topological polar surface area (TPSA) is 87.4 Å². The molecular weight excluding hydrogens is 313 g/mol. The smallest absolute Gasteiger partial charge is 0.331 e. The first-order chi connectivity index (χ1) is 11.5. The summed E-state index contributed by atoms with van der Waals surface area (Å²) in [5.74, 6) is -0.965. The van der Waals surface area contributed by atoms with Crippen LogP contribution in [-0.4, -0.2) is 20.4 Å². The second kappa shape index (κ2) is 7.72. The van der Waals surface area contributed by atoms with E-state index in [0.29, 0.717) is 6.42 Å². The molecule has 2 rings (SSSR count). The van der Waals surface area contributed by atoms with Gasteiger partial charge in [0.05, 0.1) is 11.4 Å². The van der Waals surface area contributed by atoms with Gasteiger partial charge in [-0.15, -0.1) is 0 Å². The van der Waals surface area contributed by atoms with Crippen LogP contribution in [0.15, 0.2) is 38.8 Å². The van der Waals surface area contributed by atoms with E-state index >= 15 is 0 Å². The molecule has 0 aliphatic carbocycles. The van der Waals surface area contributed by atoms with E-state index in [-0.39, 0.29) is 29.9 Å². The van der Waals surface area contributed by atoms with E-state index in [2.05, 4.69) is 9.98 Å². The molecule has 0 aliphatic heterocycles. The lowest BCUT2D eigenvalue weighted by Gasteiger charge is -2.12. The Kier molecular flexibility index (Phi) is 5.68. The molecule has 0 unspecified atom stereocenters. The van der Waals surface area contributed by atoms with Gasteiger partial charge in [-0.1, -0.05) is 32.4 Å². The number of nitrogens with zero attached hydrogens (tertiary/aromatic N) is 2. The third-order valence-corrected chi connectivity index (χ3v) is 3.64. The van der Waals surface area contributed by atoms with E-state index in [0.717, 1.165) is 11.0 Å². The number of aliphatic imine (C=N–C) groups is 1. The van der Waals surface area contributed by atoms with Crippen molar-refractivity contribution in [2.45, 2.75) is 39.7 Å². The molecular formula is C17H20FN3O3. The van der Waals surface area contributed by atoms with Crippen LogP contribution >= 0.6 is 0 Å². The Hall–Kier alpha value is -2.70. The predicted octanol–water partition coefficient (Wildman–Crippen LogP) is 2.71. The van der Waals surface area contributed by atoms with Crippen molar-refractivity contribution in [2.75, 3.05) is 0 Å². The van der Waals surface area contributed by atoms with Crippen LogP contribution in [0.2, 0.25) is 0 Å². The monoisotopic (exact) mass is 333 g/mol. The number of aromatic nitrogens is 2. The molecule has 1 aromatic carbocycles. The lowest BCUT2D eigenvalue weighted by molar-refractivity contribution is 0.394. The van der Waals surface area contributed by atoms with Gasteiger partial charge in [0.2, 0.25) is 5.88 Å². The summed E-state index contributed by atoms with van der Waals surface area (Å²) >= 11 is 0. The van der Waals surface area contributed by atoms with Crippen molar-refractivity contribution in [1.29, 1.82) is 0 Å². The molecule has 0 radical (unpaired) electrons. The fraction of sp³-hybridized carbons (Fsp3) is 0.353. The van der Waals surface area contributed by atoms with Crippen molar-refractivity contribution < 1.29 is 9.50 Å². The van der Waals surface area contributed by atoms with E-state index in [9.17, 15) is 19.1 Å². The highest BCUT2D eigenvalue weighted by Crippen LogP contribution is 2.21. The Labute approximate surface area is 138 Å². The van der Waals surface area contributed by atoms with Crippen LogP contribution in [-0.2, 0) is 6.54 Å². The predicted molar refractivity (Wildman–Crippen MR) is 90.8 cm³/mol. The second-order valence-corrected chi connectivity index (χ2v) is 5.33. The molecule has 0 aliphatic rings. The average molecular weight is 333 g/mol. The summed E-state index contributed by atoms with van der Waals surface area (Å²) in [7, 11) is 0. The number of aromatic hydroxyl groups is 1. The van der Waals surface area contributed by atoms with Crippen molar-refractivity contribution in [2.24, 2.45) is 4.99 Å². The zero-order chi connectivity index (χ0) is 17.7. The van der Waals surface area contributed by atoms with Gasteiger partial charge in [-0.3, -0.25) is 14.3 Å². The summed E-state index contributed by atoms with van der Waals surface area (Å²) in [5, 5.41) is 10.4. The Morgan fingerprint density at radius 1 is 1.29 bits per heavy atom. The molecule has 2 N–H and O–H groups in total. The Bertz CT molecular complexity index is 868. The number of unbranched alkanes of at least 4 members (excludes halogenated alkanes) is 1. The van der Waals surface area contributed by atoms with E-state index < -0.39 is 22.9 Å². The van der Waals surface area contributed by atoms with Gasteiger partial charge in [-0.2, -0.15) is 0 Å². The maximum atomic E-state index is 13.8. The second-order valence-electron chi connectivity index (χ2n) is 5.33. The highest BCUT2D eigenvalue weighted by Gasteiger charge is 2.18. The molecule has 6 nitrogen and oxygen atoms in total. The van der Waals surface area contributed by atoms with Crippen molar-refractivity contribution in [3.63, 3.8) is 0 Å². The van der Waals surface area contributed by atoms with Crippen LogP contribution in [0.3, 0.4) is 0 Å². The van der Waals surface area contributed by atoms with Crippen molar-refractivity contribution in [1.82, 2.24) is 9.55 Å². The molecule has 0 atom stereocenters. The molecule has 0 saturated carbocycles. The van der Waals surface area contributed by atoms with Gasteiger partial charge in [-0.25, -0.2) is 14.2 Å². The van der Waals surface area contributed by atoms with Gasteiger partial charge >= 0.3 is 5.69 Å². The quantitative estimate of drug-likeness (QED) is 0.797. The number of benzene rings is 1. The van der Waals surface area contributed by atoms with Gasteiger partial charge in [0.25, 0.3) is 5.56 Å². The van der Waals surface area contributed by atoms with E-state index in [1.807, 2.05) is 6.92 Å². The third kappa shape index (κ3) is 3.61. The normalized spacial score (nSPS) is 11.7. The Balaban J connectivity index is 2.63. The first-order valence-corrected chi connectivity index (χ1v) is 7.88. The number of hydrogen-bond acceptors (Lipinski definition) is 4. The molecule has 0 fully saturated rings. The van der Waals surface area contributed by atoms with Crippen LogP contribution in [0.5, 0.6) is 5.88 Å². The summed E-state index contributed by atoms with van der Waals surface area (Å²) in [5.41, 5.74) is -1.22. The summed E-state index contributed by atoms with van der Waals surface area (Å²) in [4.78, 5) is 30.4. The fourth-order valence-electron chi connectivity index (χ4n) is 2.34. The van der Waals surface area contributed by atoms with E-state index in [4.69, 9.17) is 0 Å². The van der Waals surface area contributed by atoms with Gasteiger partial charge in [-0.05, 0) is 25.0 Å². The lowest BCUT2D eigenvalue weighted by atomic mass is 10.1. The van der Waals surface area contributed by atoms with Crippen molar-refractivity contribution in [3.05, 3.63) is 56.5 Å². The van der Waals surface area contributed by atoms with Crippen molar-refractivity contribution >= 4 is 11.4 Å². The molecule has 0 spiro atoms. The Morgan fingerprint density at radius 2 is 2.00 bits per heavy atom. The number of aromatic amines is 1. The molecule has 128 valence electrons. The summed E-state index contributed by atoms with van der Waals surface area (Å²) in [6.07, 6.45) is 1.78. The lowest BCUT2D eigenvalue weighted by Crippen LogP contribution is -2.34. The van der Waals surface area contributed by atoms with E-state index in [1.54, 1.807) is 13.0 Å². The molecule has 24 heavy (non-hydrogen) atoms. The SMILES string of the molecule is CCCCn1c(O)c(C(CC)=Nc2ccccc2F)c(=O)[nH]c1=O. The highest BCUT2D eigenvalue weighted by molar-refractivity contribution is 6.03. The number of para-hydroxylation sites is 1. The summed E-state index contributed by atoms with van der Waals surface area (Å²) in [6.45, 7) is 3.97. The number of rotatable bonds is 6. The van der Waals surface area contributed by atoms with Crippen LogP contribution in [0.4, 0.5) is 10.1 Å². The molecule has 1 aromatic heterocycles. The first kappa shape index (κ1) is 17.7. The number of halogens is 1. The number of H-pyrrole nitrogens is 1. The third-order valence-electron chi connectivity index (χ3n) is 3.64. The van der Waals surface area contributed by atoms with Crippen molar-refractivity contribution in [3.8, 4) is 5.88 Å². The standard InChI is InChI=1S/C17H20FN3O3/c1-3-5-10-21-16(23)14(15(22)20-17(21)24)12(4-2)19-13-9-7-6-8-11(13)18/h6-9,23H,3-5,10H2,1-2H3,(H,20,22,24). The molecule has 0 saturated heterocycles. The molecule has 1 heterocycles.